The van der Waals surface area contributed by atoms with Crippen molar-refractivity contribution < 1.29 is 13.0 Å². The van der Waals surface area contributed by atoms with Crippen molar-refractivity contribution in [2.75, 3.05) is 0 Å². The maximum Gasteiger partial charge on any atom is 0.294 e. The Morgan fingerprint density at radius 1 is 0.396 bits per heavy atom. The first-order valence-electron chi connectivity index (χ1n) is 21.6. The summed E-state index contributed by atoms with van der Waals surface area (Å²) in [4.78, 5) is 0.142. The van der Waals surface area contributed by atoms with Crippen LogP contribution in [0.4, 0.5) is 0 Å². The normalized spacial score (nSPS) is 11.9. The van der Waals surface area contributed by atoms with Crippen LogP contribution in [-0.2, 0) is 23.0 Å². The van der Waals surface area contributed by atoms with Gasteiger partial charge in [-0.2, -0.15) is 8.42 Å². The van der Waals surface area contributed by atoms with Crippen molar-refractivity contribution in [3.8, 4) is 0 Å². The maximum absolute atomic E-state index is 12.2. The molecule has 0 bridgehead atoms. The predicted molar refractivity (Wildman–Crippen MR) is 212 cm³/mol. The van der Waals surface area contributed by atoms with Gasteiger partial charge in [0.25, 0.3) is 10.1 Å². The SMILES string of the molecule is CCCCCCCCCCCCCCCCCCCc1cccc(S(=O)(=O)O)c1CCCCCCCCCCCCCCCCCCC. The van der Waals surface area contributed by atoms with Gasteiger partial charge in [0.2, 0.25) is 0 Å². The number of benzene rings is 1. The minimum atomic E-state index is -4.19. The van der Waals surface area contributed by atoms with E-state index in [0.717, 1.165) is 43.2 Å². The van der Waals surface area contributed by atoms with E-state index in [2.05, 4.69) is 19.9 Å². The van der Waals surface area contributed by atoms with E-state index in [4.69, 9.17) is 0 Å². The molecule has 0 aromatic heterocycles. The van der Waals surface area contributed by atoms with Crippen LogP contribution in [0.1, 0.15) is 243 Å². The molecule has 0 saturated heterocycles. The van der Waals surface area contributed by atoms with E-state index in [1.54, 1.807) is 6.07 Å². The fourth-order valence-corrected chi connectivity index (χ4v) is 8.23. The zero-order chi connectivity index (χ0) is 34.8. The Morgan fingerprint density at radius 2 is 0.667 bits per heavy atom. The van der Waals surface area contributed by atoms with E-state index in [-0.39, 0.29) is 4.90 Å². The molecule has 282 valence electrons. The third kappa shape index (κ3) is 26.9. The second-order valence-electron chi connectivity index (χ2n) is 15.2. The molecule has 0 aliphatic carbocycles. The van der Waals surface area contributed by atoms with Crippen LogP contribution in [0.3, 0.4) is 0 Å². The molecular weight excluding hydrogens is 609 g/mol. The second kappa shape index (κ2) is 33.3. The number of aryl methyl sites for hydroxylation is 1. The van der Waals surface area contributed by atoms with Crippen molar-refractivity contribution in [2.45, 2.75) is 250 Å². The van der Waals surface area contributed by atoms with Gasteiger partial charge in [0, 0.05) is 0 Å². The van der Waals surface area contributed by atoms with Gasteiger partial charge in [-0.3, -0.25) is 4.55 Å². The van der Waals surface area contributed by atoms with Crippen LogP contribution in [0, 0.1) is 0 Å². The molecule has 1 aromatic rings. The first kappa shape index (κ1) is 45.2. The average Bonchev–Trinajstić information content (AvgIpc) is 3.07. The highest BCUT2D eigenvalue weighted by molar-refractivity contribution is 7.85. The lowest BCUT2D eigenvalue weighted by molar-refractivity contribution is 0.481. The molecule has 0 aliphatic rings. The van der Waals surface area contributed by atoms with Gasteiger partial charge in [0.05, 0.1) is 4.90 Å². The van der Waals surface area contributed by atoms with Crippen molar-refractivity contribution in [3.05, 3.63) is 29.3 Å². The lowest BCUT2D eigenvalue weighted by Gasteiger charge is -2.14. The van der Waals surface area contributed by atoms with E-state index >= 15 is 0 Å². The van der Waals surface area contributed by atoms with E-state index in [1.165, 1.54) is 199 Å². The highest BCUT2D eigenvalue weighted by atomic mass is 32.2. The molecule has 48 heavy (non-hydrogen) atoms. The summed E-state index contributed by atoms with van der Waals surface area (Å²) in [5.74, 6) is 0. The molecule has 3 nitrogen and oxygen atoms in total. The summed E-state index contributed by atoms with van der Waals surface area (Å²) in [5.41, 5.74) is 2.00. The van der Waals surface area contributed by atoms with Gasteiger partial charge in [-0.15, -0.1) is 0 Å². The Morgan fingerprint density at radius 3 is 0.958 bits per heavy atom. The third-order valence-corrected chi connectivity index (χ3v) is 11.5. The standard InChI is InChI=1S/C44H82O3S/c1-3-5-7-9-11-13-15-17-19-21-23-25-27-29-31-33-35-38-42-39-37-41-44(48(45,46)47)43(42)40-36-34-32-30-28-26-24-22-20-18-16-14-12-10-8-6-4-2/h37,39,41H,3-36,38,40H2,1-2H3,(H,45,46,47). The first-order chi connectivity index (χ1) is 23.5. The molecule has 1 rings (SSSR count). The minimum Gasteiger partial charge on any atom is -0.282 e. The van der Waals surface area contributed by atoms with Crippen LogP contribution < -0.4 is 0 Å². The van der Waals surface area contributed by atoms with Crippen molar-refractivity contribution in [1.29, 1.82) is 0 Å². The largest absolute Gasteiger partial charge is 0.294 e. The fourth-order valence-electron chi connectivity index (χ4n) is 7.44. The van der Waals surface area contributed by atoms with E-state index in [0.29, 0.717) is 0 Å². The number of hydrogen-bond donors (Lipinski definition) is 1. The van der Waals surface area contributed by atoms with Crippen LogP contribution in [0.2, 0.25) is 0 Å². The van der Waals surface area contributed by atoms with Gasteiger partial charge < -0.3 is 0 Å². The smallest absolute Gasteiger partial charge is 0.282 e. The van der Waals surface area contributed by atoms with E-state index in [9.17, 15) is 13.0 Å². The van der Waals surface area contributed by atoms with Gasteiger partial charge in [-0.25, -0.2) is 0 Å². The Labute approximate surface area is 301 Å². The summed E-state index contributed by atoms with van der Waals surface area (Å²) in [6, 6.07) is 5.49. The lowest BCUT2D eigenvalue weighted by atomic mass is 9.96. The first-order valence-corrected chi connectivity index (χ1v) is 23.0. The molecule has 0 unspecified atom stereocenters. The Bertz CT molecular complexity index is 925. The Balaban J connectivity index is 2.11. The number of hydrogen-bond acceptors (Lipinski definition) is 2. The molecule has 0 aliphatic heterocycles. The monoisotopic (exact) mass is 691 g/mol. The summed E-state index contributed by atoms with van der Waals surface area (Å²) in [6.45, 7) is 4.57. The van der Waals surface area contributed by atoms with Crippen molar-refractivity contribution in [1.82, 2.24) is 0 Å². The van der Waals surface area contributed by atoms with Gasteiger partial charge in [-0.1, -0.05) is 231 Å². The van der Waals surface area contributed by atoms with Crippen LogP contribution in [0.25, 0.3) is 0 Å². The van der Waals surface area contributed by atoms with Crippen molar-refractivity contribution >= 4 is 10.1 Å². The minimum absolute atomic E-state index is 0.142. The second-order valence-corrected chi connectivity index (χ2v) is 16.6. The molecule has 0 fully saturated rings. The molecular formula is C44H82O3S. The molecule has 0 spiro atoms. The molecule has 0 heterocycles. The summed E-state index contributed by atoms with van der Waals surface area (Å²) < 4.78 is 34.3. The molecule has 0 amide bonds. The van der Waals surface area contributed by atoms with Crippen LogP contribution in [0.15, 0.2) is 23.1 Å². The van der Waals surface area contributed by atoms with Gasteiger partial charge in [0.1, 0.15) is 0 Å². The van der Waals surface area contributed by atoms with Gasteiger partial charge >= 0.3 is 0 Å². The van der Waals surface area contributed by atoms with Gasteiger partial charge in [0.15, 0.2) is 0 Å². The highest BCUT2D eigenvalue weighted by Gasteiger charge is 2.18. The molecule has 0 atom stereocenters. The Kier molecular flexibility index (Phi) is 31.3. The Hall–Kier alpha value is -0.870. The maximum atomic E-state index is 12.2. The molecule has 4 heteroatoms. The van der Waals surface area contributed by atoms with E-state index < -0.39 is 10.1 Å². The zero-order valence-electron chi connectivity index (χ0n) is 32.4. The zero-order valence-corrected chi connectivity index (χ0v) is 33.2. The van der Waals surface area contributed by atoms with Crippen LogP contribution in [-0.4, -0.2) is 13.0 Å². The van der Waals surface area contributed by atoms with Crippen LogP contribution in [0.5, 0.6) is 0 Å². The van der Waals surface area contributed by atoms with Crippen molar-refractivity contribution in [2.24, 2.45) is 0 Å². The predicted octanol–water partition coefficient (Wildman–Crippen LogP) is 15.3. The average molecular weight is 691 g/mol. The van der Waals surface area contributed by atoms with Crippen LogP contribution >= 0.6 is 0 Å². The van der Waals surface area contributed by atoms with Gasteiger partial charge in [-0.05, 0) is 42.9 Å². The number of rotatable bonds is 37. The lowest BCUT2D eigenvalue weighted by Crippen LogP contribution is -2.07. The highest BCUT2D eigenvalue weighted by Crippen LogP contribution is 2.25. The summed E-state index contributed by atoms with van der Waals surface area (Å²) >= 11 is 0. The third-order valence-electron chi connectivity index (χ3n) is 10.6. The summed E-state index contributed by atoms with van der Waals surface area (Å²) in [7, 11) is -4.19. The molecule has 0 radical (unpaired) electrons. The summed E-state index contributed by atoms with van der Waals surface area (Å²) in [6.07, 6.45) is 47.6. The van der Waals surface area contributed by atoms with Crippen molar-refractivity contribution in [3.63, 3.8) is 0 Å². The number of unbranched alkanes of at least 4 members (excludes halogenated alkanes) is 32. The summed E-state index contributed by atoms with van der Waals surface area (Å²) in [5, 5.41) is 0. The fraction of sp³-hybridized carbons (Fsp3) is 0.864. The molecule has 0 saturated carbocycles. The van der Waals surface area contributed by atoms with E-state index in [1.807, 2.05) is 6.07 Å². The molecule has 1 aromatic carbocycles. The molecule has 1 N–H and O–H groups in total. The quantitative estimate of drug-likeness (QED) is 0.0558. The topological polar surface area (TPSA) is 54.4 Å².